The van der Waals surface area contributed by atoms with Crippen molar-refractivity contribution in [1.82, 2.24) is 15.0 Å². The number of benzene rings is 2. The molecule has 4 aromatic rings. The SMILES string of the molecule is COc1cc2c(Oc3ccc4[nH]c(C)cc4c3)ncnc2cc1OCCCl. The number of aryl methyl sites for hydroxylation is 1. The van der Waals surface area contributed by atoms with Gasteiger partial charge in [0.25, 0.3) is 0 Å². The predicted octanol–water partition coefficient (Wildman–Crippen LogP) is 4.84. The van der Waals surface area contributed by atoms with Crippen LogP contribution in [0.4, 0.5) is 0 Å². The first kappa shape index (κ1) is 17.4. The van der Waals surface area contributed by atoms with Crippen molar-refractivity contribution >= 4 is 33.4 Å². The molecular formula is C20H18ClN3O3. The van der Waals surface area contributed by atoms with Gasteiger partial charge in [-0.3, -0.25) is 0 Å². The molecule has 2 aromatic carbocycles. The molecular weight excluding hydrogens is 366 g/mol. The number of alkyl halides is 1. The molecule has 0 unspecified atom stereocenters. The Morgan fingerprint density at radius 2 is 1.96 bits per heavy atom. The summed E-state index contributed by atoms with van der Waals surface area (Å²) in [4.78, 5) is 11.9. The first-order chi connectivity index (χ1) is 13.2. The first-order valence-electron chi connectivity index (χ1n) is 8.46. The molecule has 2 aromatic heterocycles. The highest BCUT2D eigenvalue weighted by molar-refractivity contribution is 6.18. The maximum atomic E-state index is 6.05. The average Bonchev–Trinajstić information content (AvgIpc) is 3.05. The topological polar surface area (TPSA) is 69.3 Å². The van der Waals surface area contributed by atoms with Gasteiger partial charge in [-0.1, -0.05) is 0 Å². The number of ether oxygens (including phenoxy) is 3. The van der Waals surface area contributed by atoms with E-state index >= 15 is 0 Å². The Bertz CT molecular complexity index is 1110. The van der Waals surface area contributed by atoms with Crippen LogP contribution in [-0.4, -0.2) is 34.5 Å². The molecule has 0 aliphatic carbocycles. The van der Waals surface area contributed by atoms with E-state index in [0.717, 1.165) is 22.0 Å². The second-order valence-electron chi connectivity index (χ2n) is 6.04. The van der Waals surface area contributed by atoms with Crippen LogP contribution in [0.2, 0.25) is 0 Å². The molecule has 0 fully saturated rings. The lowest BCUT2D eigenvalue weighted by molar-refractivity contribution is 0.313. The summed E-state index contributed by atoms with van der Waals surface area (Å²) in [5, 5.41) is 1.82. The molecule has 2 heterocycles. The van der Waals surface area contributed by atoms with E-state index in [1.807, 2.05) is 31.2 Å². The lowest BCUT2D eigenvalue weighted by Crippen LogP contribution is -2.01. The number of H-pyrrole nitrogens is 1. The molecule has 138 valence electrons. The number of nitrogens with one attached hydrogen (secondary N) is 1. The van der Waals surface area contributed by atoms with Crippen molar-refractivity contribution in [2.75, 3.05) is 19.6 Å². The summed E-state index contributed by atoms with van der Waals surface area (Å²) in [5.74, 6) is 2.70. The molecule has 4 rings (SSSR count). The van der Waals surface area contributed by atoms with Crippen LogP contribution in [-0.2, 0) is 0 Å². The Morgan fingerprint density at radius 3 is 2.78 bits per heavy atom. The number of rotatable bonds is 6. The normalized spacial score (nSPS) is 11.1. The standard InChI is InChI=1S/C20H18ClN3O3/c1-12-7-13-8-14(3-4-16(13)24-12)27-20-15-9-18(25-2)19(26-6-5-21)10-17(15)22-11-23-20/h3-4,7-11,24H,5-6H2,1-2H3. The Hall–Kier alpha value is -2.99. The van der Waals surface area contributed by atoms with E-state index in [-0.39, 0.29) is 0 Å². The third-order valence-electron chi connectivity index (χ3n) is 4.16. The lowest BCUT2D eigenvalue weighted by Gasteiger charge is -2.12. The van der Waals surface area contributed by atoms with Crippen molar-refractivity contribution < 1.29 is 14.2 Å². The van der Waals surface area contributed by atoms with Crippen LogP contribution in [0.25, 0.3) is 21.8 Å². The second-order valence-corrected chi connectivity index (χ2v) is 6.42. The minimum Gasteiger partial charge on any atom is -0.493 e. The van der Waals surface area contributed by atoms with Gasteiger partial charge >= 0.3 is 0 Å². The van der Waals surface area contributed by atoms with Crippen molar-refractivity contribution in [2.24, 2.45) is 0 Å². The molecule has 27 heavy (non-hydrogen) atoms. The molecule has 0 aliphatic heterocycles. The van der Waals surface area contributed by atoms with Gasteiger partial charge in [0.2, 0.25) is 5.88 Å². The quantitative estimate of drug-likeness (QED) is 0.482. The van der Waals surface area contributed by atoms with Gasteiger partial charge in [-0.25, -0.2) is 9.97 Å². The fourth-order valence-electron chi connectivity index (χ4n) is 2.97. The van der Waals surface area contributed by atoms with Crippen molar-refractivity contribution in [2.45, 2.75) is 6.92 Å². The zero-order chi connectivity index (χ0) is 18.8. The van der Waals surface area contributed by atoms with Crippen LogP contribution in [0, 0.1) is 6.92 Å². The van der Waals surface area contributed by atoms with Crippen LogP contribution in [0.15, 0.2) is 42.7 Å². The lowest BCUT2D eigenvalue weighted by atomic mass is 10.2. The summed E-state index contributed by atoms with van der Waals surface area (Å²) in [7, 11) is 1.58. The number of methoxy groups -OCH3 is 1. The maximum Gasteiger partial charge on any atom is 0.230 e. The number of aromatic amines is 1. The predicted molar refractivity (Wildman–Crippen MR) is 105 cm³/mol. The van der Waals surface area contributed by atoms with E-state index in [4.69, 9.17) is 25.8 Å². The summed E-state index contributed by atoms with van der Waals surface area (Å²) in [5.41, 5.74) is 2.86. The third-order valence-corrected chi connectivity index (χ3v) is 4.31. The molecule has 1 N–H and O–H groups in total. The van der Waals surface area contributed by atoms with Crippen LogP contribution in [0.3, 0.4) is 0 Å². The monoisotopic (exact) mass is 383 g/mol. The summed E-state index contributed by atoms with van der Waals surface area (Å²) < 4.78 is 17.1. The average molecular weight is 384 g/mol. The van der Waals surface area contributed by atoms with E-state index in [1.165, 1.54) is 6.33 Å². The van der Waals surface area contributed by atoms with Gasteiger partial charge in [0.15, 0.2) is 11.5 Å². The number of hydrogen-bond acceptors (Lipinski definition) is 5. The van der Waals surface area contributed by atoms with E-state index < -0.39 is 0 Å². The van der Waals surface area contributed by atoms with Crippen molar-refractivity contribution in [3.05, 3.63) is 48.4 Å². The molecule has 0 spiro atoms. The Balaban J connectivity index is 1.73. The van der Waals surface area contributed by atoms with Gasteiger partial charge in [0.1, 0.15) is 18.7 Å². The Labute approximate surface area is 161 Å². The zero-order valence-electron chi connectivity index (χ0n) is 15.0. The van der Waals surface area contributed by atoms with Gasteiger partial charge in [0.05, 0.1) is 23.9 Å². The van der Waals surface area contributed by atoms with E-state index in [0.29, 0.717) is 41.1 Å². The van der Waals surface area contributed by atoms with Crippen LogP contribution in [0.5, 0.6) is 23.1 Å². The highest BCUT2D eigenvalue weighted by Crippen LogP contribution is 2.36. The fraction of sp³-hybridized carbons (Fsp3) is 0.200. The Kier molecular flexibility index (Phi) is 4.73. The number of fused-ring (bicyclic) bond motifs is 2. The number of nitrogens with zero attached hydrogens (tertiary/aromatic N) is 2. The molecule has 0 amide bonds. The minimum atomic E-state index is 0.383. The summed E-state index contributed by atoms with van der Waals surface area (Å²) in [6, 6.07) is 11.5. The molecule has 6 nitrogen and oxygen atoms in total. The van der Waals surface area contributed by atoms with Crippen molar-refractivity contribution in [3.8, 4) is 23.1 Å². The molecule has 0 bridgehead atoms. The minimum absolute atomic E-state index is 0.383. The molecule has 7 heteroatoms. The van der Waals surface area contributed by atoms with Gasteiger partial charge in [0, 0.05) is 22.7 Å². The highest BCUT2D eigenvalue weighted by Gasteiger charge is 2.13. The van der Waals surface area contributed by atoms with Crippen LogP contribution in [0.1, 0.15) is 5.69 Å². The van der Waals surface area contributed by atoms with Gasteiger partial charge in [-0.15, -0.1) is 11.6 Å². The third kappa shape index (κ3) is 3.48. The Morgan fingerprint density at radius 1 is 1.07 bits per heavy atom. The summed E-state index contributed by atoms with van der Waals surface area (Å²) >= 11 is 5.71. The van der Waals surface area contributed by atoms with Crippen molar-refractivity contribution in [1.29, 1.82) is 0 Å². The van der Waals surface area contributed by atoms with E-state index in [9.17, 15) is 0 Å². The molecule has 0 radical (unpaired) electrons. The van der Waals surface area contributed by atoms with Crippen molar-refractivity contribution in [3.63, 3.8) is 0 Å². The van der Waals surface area contributed by atoms with Crippen LogP contribution >= 0.6 is 11.6 Å². The molecule has 0 saturated carbocycles. The largest absolute Gasteiger partial charge is 0.493 e. The zero-order valence-corrected chi connectivity index (χ0v) is 15.7. The number of hydrogen-bond donors (Lipinski definition) is 1. The number of aromatic nitrogens is 3. The fourth-order valence-corrected chi connectivity index (χ4v) is 3.05. The van der Waals surface area contributed by atoms with Gasteiger partial charge < -0.3 is 19.2 Å². The molecule has 0 aliphatic rings. The van der Waals surface area contributed by atoms with Gasteiger partial charge in [-0.05, 0) is 37.3 Å². The first-order valence-corrected chi connectivity index (χ1v) is 9.00. The summed E-state index contributed by atoms with van der Waals surface area (Å²) in [6.45, 7) is 2.41. The smallest absolute Gasteiger partial charge is 0.230 e. The maximum absolute atomic E-state index is 6.05. The highest BCUT2D eigenvalue weighted by atomic mass is 35.5. The van der Waals surface area contributed by atoms with Crippen LogP contribution < -0.4 is 14.2 Å². The van der Waals surface area contributed by atoms with E-state index in [2.05, 4.69) is 21.0 Å². The molecule has 0 atom stereocenters. The second kappa shape index (κ2) is 7.32. The number of halogens is 1. The summed E-state index contributed by atoms with van der Waals surface area (Å²) in [6.07, 6.45) is 1.47. The van der Waals surface area contributed by atoms with Gasteiger partial charge in [-0.2, -0.15) is 0 Å². The van der Waals surface area contributed by atoms with E-state index in [1.54, 1.807) is 13.2 Å². The molecule has 0 saturated heterocycles.